The van der Waals surface area contributed by atoms with Crippen LogP contribution in [0, 0.1) is 0 Å². The van der Waals surface area contributed by atoms with E-state index in [9.17, 15) is 9.59 Å². The number of carboxylic acids is 1. The summed E-state index contributed by atoms with van der Waals surface area (Å²) in [4.78, 5) is 26.6. The Balaban J connectivity index is 1.71. The zero-order chi connectivity index (χ0) is 17.2. The van der Waals surface area contributed by atoms with Gasteiger partial charge in [-0.15, -0.1) is 0 Å². The summed E-state index contributed by atoms with van der Waals surface area (Å²) < 4.78 is 5.08. The van der Waals surface area contributed by atoms with E-state index in [1.807, 2.05) is 30.3 Å². The molecule has 0 unspecified atom stereocenters. The second-order valence-corrected chi connectivity index (χ2v) is 4.92. The maximum absolute atomic E-state index is 11.5. The summed E-state index contributed by atoms with van der Waals surface area (Å²) in [6.45, 7) is 0.609. The van der Waals surface area contributed by atoms with E-state index in [0.29, 0.717) is 18.7 Å². The quantitative estimate of drug-likeness (QED) is 0.763. The Hall–Kier alpha value is -3.15. The topological polar surface area (TPSA) is 88.5 Å². The molecule has 1 heterocycles. The van der Waals surface area contributed by atoms with Crippen LogP contribution in [0.4, 0.5) is 4.79 Å². The summed E-state index contributed by atoms with van der Waals surface area (Å²) in [5, 5.41) is 11.7. The molecule has 1 amide bonds. The van der Waals surface area contributed by atoms with Gasteiger partial charge in [0.15, 0.2) is 0 Å². The van der Waals surface area contributed by atoms with Gasteiger partial charge in [-0.1, -0.05) is 36.4 Å². The molecule has 24 heavy (non-hydrogen) atoms. The molecule has 124 valence electrons. The number of carbonyl (C=O) groups excluding carboxylic acids is 1. The molecule has 0 fully saturated rings. The van der Waals surface area contributed by atoms with Crippen LogP contribution in [0.15, 0.2) is 54.7 Å². The minimum absolute atomic E-state index is 0.143. The summed E-state index contributed by atoms with van der Waals surface area (Å²) in [6, 6.07) is 12.5. The van der Waals surface area contributed by atoms with Crippen molar-refractivity contribution in [3.8, 4) is 0 Å². The van der Waals surface area contributed by atoms with Crippen LogP contribution in [-0.4, -0.2) is 28.7 Å². The summed E-state index contributed by atoms with van der Waals surface area (Å²) in [5.74, 6) is -1.02. The molecular weight excluding hydrogens is 308 g/mol. The molecule has 6 nitrogen and oxygen atoms in total. The highest BCUT2D eigenvalue weighted by Gasteiger charge is 2.07. The zero-order valence-corrected chi connectivity index (χ0v) is 13.0. The van der Waals surface area contributed by atoms with Crippen molar-refractivity contribution in [2.75, 3.05) is 6.54 Å². The fourth-order valence-electron chi connectivity index (χ4n) is 1.96. The molecule has 0 bridgehead atoms. The number of benzene rings is 1. The summed E-state index contributed by atoms with van der Waals surface area (Å²) >= 11 is 0. The number of ether oxygens (including phenoxy) is 1. The van der Waals surface area contributed by atoms with Crippen LogP contribution in [-0.2, 0) is 11.3 Å². The number of aromatic carboxylic acids is 1. The van der Waals surface area contributed by atoms with Crippen molar-refractivity contribution < 1.29 is 19.4 Å². The minimum atomic E-state index is -1.02. The zero-order valence-electron chi connectivity index (χ0n) is 13.0. The Labute approximate surface area is 139 Å². The smallest absolute Gasteiger partial charge is 0.407 e. The lowest BCUT2D eigenvalue weighted by atomic mass is 10.2. The molecule has 2 N–H and O–H groups in total. The Morgan fingerprint density at radius 2 is 1.96 bits per heavy atom. The standard InChI is InChI=1S/C18H18N2O4/c21-17(22)15-9-6-12-19-16(15)10-4-5-11-20-18(23)24-13-14-7-2-1-3-8-14/h1-4,6-10,12H,5,11,13H2,(H,20,23)(H,21,22). The van der Waals surface area contributed by atoms with Gasteiger partial charge in [-0.05, 0) is 30.2 Å². The average molecular weight is 326 g/mol. The highest BCUT2D eigenvalue weighted by atomic mass is 16.5. The molecule has 0 aliphatic heterocycles. The lowest BCUT2D eigenvalue weighted by molar-refractivity contribution is 0.0696. The highest BCUT2D eigenvalue weighted by molar-refractivity contribution is 5.91. The minimum Gasteiger partial charge on any atom is -0.478 e. The number of pyridine rings is 1. The first kappa shape index (κ1) is 17.2. The molecule has 0 aliphatic rings. The Kier molecular flexibility index (Phi) is 6.52. The number of aromatic nitrogens is 1. The van der Waals surface area contributed by atoms with Gasteiger partial charge in [-0.25, -0.2) is 9.59 Å². The molecule has 1 aromatic heterocycles. The predicted octanol–water partition coefficient (Wildman–Crippen LogP) is 3.11. The van der Waals surface area contributed by atoms with E-state index in [1.165, 1.54) is 12.3 Å². The Bertz CT molecular complexity index is 714. The van der Waals surface area contributed by atoms with Crippen molar-refractivity contribution >= 4 is 18.1 Å². The maximum atomic E-state index is 11.5. The van der Waals surface area contributed by atoms with Gasteiger partial charge in [0.25, 0.3) is 0 Å². The van der Waals surface area contributed by atoms with Crippen molar-refractivity contribution in [1.82, 2.24) is 10.3 Å². The number of carboxylic acid groups (broad SMARTS) is 1. The van der Waals surface area contributed by atoms with Crippen LogP contribution in [0.2, 0.25) is 0 Å². The number of hydrogen-bond donors (Lipinski definition) is 2. The average Bonchev–Trinajstić information content (AvgIpc) is 2.61. The second kappa shape index (κ2) is 9.09. The van der Waals surface area contributed by atoms with E-state index < -0.39 is 12.1 Å². The predicted molar refractivity (Wildman–Crippen MR) is 89.5 cm³/mol. The largest absolute Gasteiger partial charge is 0.478 e. The first-order chi connectivity index (χ1) is 11.7. The lowest BCUT2D eigenvalue weighted by Gasteiger charge is -2.06. The molecule has 6 heteroatoms. The molecule has 0 spiro atoms. The molecule has 2 aromatic rings. The lowest BCUT2D eigenvalue weighted by Crippen LogP contribution is -2.24. The van der Waals surface area contributed by atoms with Crippen LogP contribution >= 0.6 is 0 Å². The molecule has 0 saturated heterocycles. The van der Waals surface area contributed by atoms with E-state index in [2.05, 4.69) is 10.3 Å². The van der Waals surface area contributed by atoms with Crippen molar-refractivity contribution in [3.05, 3.63) is 71.6 Å². The summed E-state index contributed by atoms with van der Waals surface area (Å²) in [6.07, 6.45) is 4.96. The molecule has 2 rings (SSSR count). The van der Waals surface area contributed by atoms with Crippen molar-refractivity contribution in [3.63, 3.8) is 0 Å². The third-order valence-electron chi connectivity index (χ3n) is 3.14. The first-order valence-electron chi connectivity index (χ1n) is 7.46. The third-order valence-corrected chi connectivity index (χ3v) is 3.14. The van der Waals surface area contributed by atoms with Gasteiger partial charge in [0.05, 0.1) is 11.3 Å². The monoisotopic (exact) mass is 326 g/mol. The number of hydrogen-bond acceptors (Lipinski definition) is 4. The maximum Gasteiger partial charge on any atom is 0.407 e. The van der Waals surface area contributed by atoms with Gasteiger partial charge >= 0.3 is 12.1 Å². The fourth-order valence-corrected chi connectivity index (χ4v) is 1.96. The third kappa shape index (κ3) is 5.57. The van der Waals surface area contributed by atoms with E-state index in [0.717, 1.165) is 5.56 Å². The number of carbonyl (C=O) groups is 2. The van der Waals surface area contributed by atoms with Crippen LogP contribution in [0.5, 0.6) is 0 Å². The van der Waals surface area contributed by atoms with Crippen molar-refractivity contribution in [2.24, 2.45) is 0 Å². The fraction of sp³-hybridized carbons (Fsp3) is 0.167. The summed E-state index contributed by atoms with van der Waals surface area (Å²) in [5.41, 5.74) is 1.45. The summed E-state index contributed by atoms with van der Waals surface area (Å²) in [7, 11) is 0. The highest BCUT2D eigenvalue weighted by Crippen LogP contribution is 2.07. The van der Waals surface area contributed by atoms with Gasteiger partial charge < -0.3 is 15.2 Å². The van der Waals surface area contributed by atoms with E-state index in [-0.39, 0.29) is 12.2 Å². The van der Waals surface area contributed by atoms with E-state index in [4.69, 9.17) is 9.84 Å². The second-order valence-electron chi connectivity index (χ2n) is 4.92. The molecular formula is C18H18N2O4. The van der Waals surface area contributed by atoms with Crippen LogP contribution < -0.4 is 5.32 Å². The van der Waals surface area contributed by atoms with E-state index >= 15 is 0 Å². The number of rotatable bonds is 7. The molecule has 0 saturated carbocycles. The van der Waals surface area contributed by atoms with Gasteiger partial charge in [0.1, 0.15) is 6.61 Å². The van der Waals surface area contributed by atoms with Gasteiger partial charge in [0, 0.05) is 12.7 Å². The Morgan fingerprint density at radius 1 is 1.17 bits per heavy atom. The van der Waals surface area contributed by atoms with Crippen LogP contribution in [0.25, 0.3) is 6.08 Å². The van der Waals surface area contributed by atoms with Crippen molar-refractivity contribution in [2.45, 2.75) is 13.0 Å². The number of nitrogens with zero attached hydrogens (tertiary/aromatic N) is 1. The SMILES string of the molecule is O=C(NCCC=Cc1ncccc1C(=O)O)OCc1ccccc1. The number of alkyl carbamates (subject to hydrolysis) is 1. The van der Waals surface area contributed by atoms with E-state index in [1.54, 1.807) is 18.2 Å². The van der Waals surface area contributed by atoms with Gasteiger partial charge in [-0.3, -0.25) is 4.98 Å². The molecule has 0 aliphatic carbocycles. The normalized spacial score (nSPS) is 10.5. The molecule has 0 radical (unpaired) electrons. The first-order valence-corrected chi connectivity index (χ1v) is 7.46. The molecule has 0 atom stereocenters. The van der Waals surface area contributed by atoms with Crippen LogP contribution in [0.3, 0.4) is 0 Å². The Morgan fingerprint density at radius 3 is 2.71 bits per heavy atom. The van der Waals surface area contributed by atoms with Crippen molar-refractivity contribution in [1.29, 1.82) is 0 Å². The van der Waals surface area contributed by atoms with Gasteiger partial charge in [-0.2, -0.15) is 0 Å². The molecule has 1 aromatic carbocycles. The number of amides is 1. The van der Waals surface area contributed by atoms with Crippen LogP contribution in [0.1, 0.15) is 28.0 Å². The van der Waals surface area contributed by atoms with Gasteiger partial charge in [0.2, 0.25) is 0 Å². The number of nitrogens with one attached hydrogen (secondary N) is 1.